The highest BCUT2D eigenvalue weighted by Gasteiger charge is 2.24. The maximum atomic E-state index is 3.90. The lowest BCUT2D eigenvalue weighted by molar-refractivity contribution is 0.454. The zero-order valence-electron chi connectivity index (χ0n) is 9.02. The van der Waals surface area contributed by atoms with Gasteiger partial charge < -0.3 is 0 Å². The minimum Gasteiger partial charge on any atom is -0.121 e. The number of thiophene rings is 1. The average molecular weight is 431 g/mol. The molecule has 1 saturated carbocycles. The molecule has 0 nitrogen and oxygen atoms in total. The van der Waals surface area contributed by atoms with Crippen LogP contribution in [0.15, 0.2) is 13.6 Å². The number of halogens is 3. The monoisotopic (exact) mass is 428 g/mol. The van der Waals surface area contributed by atoms with Crippen LogP contribution in [0.5, 0.6) is 0 Å². The molecule has 0 aliphatic heterocycles. The van der Waals surface area contributed by atoms with Crippen LogP contribution >= 0.6 is 59.1 Å². The van der Waals surface area contributed by atoms with E-state index in [2.05, 4.69) is 53.9 Å². The van der Waals surface area contributed by atoms with Crippen LogP contribution in [0.4, 0.5) is 0 Å². The lowest BCUT2D eigenvalue weighted by atomic mass is 9.94. The van der Waals surface area contributed by atoms with E-state index in [-0.39, 0.29) is 0 Å². The van der Waals surface area contributed by atoms with Crippen LogP contribution in [0.2, 0.25) is 0 Å². The molecule has 0 spiro atoms. The van der Waals surface area contributed by atoms with Crippen molar-refractivity contribution in [3.05, 3.63) is 19.2 Å². The highest BCUT2D eigenvalue weighted by Crippen LogP contribution is 2.45. The van der Waals surface area contributed by atoms with Crippen molar-refractivity contribution in [3.8, 4) is 0 Å². The minimum absolute atomic E-state index is 0.516. The molecule has 0 amide bonds. The first-order valence-corrected chi connectivity index (χ1v) is 9.09. The van der Waals surface area contributed by atoms with E-state index in [1.54, 1.807) is 11.3 Å². The Kier molecular flexibility index (Phi) is 5.38. The second kappa shape index (κ2) is 6.35. The summed E-state index contributed by atoms with van der Waals surface area (Å²) in [7, 11) is 0. The van der Waals surface area contributed by atoms with Gasteiger partial charge >= 0.3 is 0 Å². The number of alkyl halides is 1. The Morgan fingerprint density at radius 3 is 2.25 bits per heavy atom. The molecule has 1 heterocycles. The van der Waals surface area contributed by atoms with E-state index >= 15 is 0 Å². The molecule has 0 radical (unpaired) electrons. The Bertz CT molecular complexity index is 340. The second-order valence-electron chi connectivity index (χ2n) is 4.43. The normalized spacial score (nSPS) is 20.7. The fraction of sp³-hybridized carbons (Fsp3) is 0.667. The van der Waals surface area contributed by atoms with E-state index in [0.29, 0.717) is 4.83 Å². The summed E-state index contributed by atoms with van der Waals surface area (Å²) in [5.41, 5.74) is 1.42. The molecule has 1 atom stereocenters. The van der Waals surface area contributed by atoms with Crippen molar-refractivity contribution >= 4 is 59.1 Å². The molecule has 90 valence electrons. The summed E-state index contributed by atoms with van der Waals surface area (Å²) in [5.74, 6) is 0.806. The van der Waals surface area contributed by atoms with Crippen molar-refractivity contribution in [2.45, 2.75) is 43.4 Å². The van der Waals surface area contributed by atoms with Crippen molar-refractivity contribution in [3.63, 3.8) is 0 Å². The second-order valence-corrected chi connectivity index (χ2v) is 9.17. The Morgan fingerprint density at radius 1 is 1.12 bits per heavy atom. The predicted octanol–water partition coefficient (Wildman–Crippen LogP) is 6.68. The van der Waals surface area contributed by atoms with Crippen molar-refractivity contribution in [1.29, 1.82) is 0 Å². The Hall–Kier alpha value is 1.14. The summed E-state index contributed by atoms with van der Waals surface area (Å²) >= 11 is 12.9. The Labute approximate surface area is 127 Å². The first-order valence-electron chi connectivity index (χ1n) is 5.77. The van der Waals surface area contributed by atoms with Crippen LogP contribution in [0.1, 0.15) is 48.9 Å². The fourth-order valence-corrected chi connectivity index (χ4v) is 6.68. The van der Waals surface area contributed by atoms with E-state index in [4.69, 9.17) is 0 Å². The van der Waals surface area contributed by atoms with Gasteiger partial charge in [0.05, 0.1) is 7.57 Å². The number of hydrogen-bond acceptors (Lipinski definition) is 1. The highest BCUT2D eigenvalue weighted by atomic mass is 79.9. The molecule has 16 heavy (non-hydrogen) atoms. The average Bonchev–Trinajstić information content (AvgIpc) is 2.49. The van der Waals surface area contributed by atoms with Crippen LogP contribution in [0.3, 0.4) is 0 Å². The lowest BCUT2D eigenvalue weighted by Gasteiger charge is -2.20. The van der Waals surface area contributed by atoms with Gasteiger partial charge in [0.2, 0.25) is 0 Å². The highest BCUT2D eigenvalue weighted by molar-refractivity contribution is 9.12. The summed E-state index contributed by atoms with van der Waals surface area (Å²) in [6.07, 6.45) is 8.38. The maximum absolute atomic E-state index is 3.90. The molecule has 1 aromatic heterocycles. The lowest BCUT2D eigenvalue weighted by Crippen LogP contribution is -2.06. The van der Waals surface area contributed by atoms with E-state index in [0.717, 1.165) is 5.92 Å². The first kappa shape index (κ1) is 13.6. The molecular weight excluding hydrogens is 416 g/mol. The summed E-state index contributed by atoms with van der Waals surface area (Å²) < 4.78 is 2.48. The van der Waals surface area contributed by atoms with Crippen LogP contribution in [0, 0.1) is 5.92 Å². The van der Waals surface area contributed by atoms with Gasteiger partial charge in [-0.1, -0.05) is 41.6 Å². The van der Waals surface area contributed by atoms with E-state index in [1.807, 2.05) is 0 Å². The molecule has 0 bridgehead atoms. The number of hydrogen-bond donors (Lipinski definition) is 0. The van der Waals surface area contributed by atoms with Crippen molar-refractivity contribution in [2.75, 3.05) is 0 Å². The van der Waals surface area contributed by atoms with Crippen LogP contribution in [-0.2, 0) is 0 Å². The van der Waals surface area contributed by atoms with Crippen molar-refractivity contribution in [2.24, 2.45) is 5.92 Å². The fourth-order valence-electron chi connectivity index (χ4n) is 2.40. The smallest absolute Gasteiger partial charge is 0.0753 e. The minimum atomic E-state index is 0.516. The molecule has 0 N–H and O–H groups in total. The Morgan fingerprint density at radius 2 is 1.75 bits per heavy atom. The van der Waals surface area contributed by atoms with Gasteiger partial charge in [0.1, 0.15) is 0 Å². The topological polar surface area (TPSA) is 0 Å². The first-order chi connectivity index (χ1) is 7.68. The quantitative estimate of drug-likeness (QED) is 0.362. The molecule has 1 aliphatic carbocycles. The molecular formula is C12H15Br3S. The molecule has 1 fully saturated rings. The zero-order chi connectivity index (χ0) is 11.5. The molecule has 1 unspecified atom stereocenters. The summed E-state index contributed by atoms with van der Waals surface area (Å²) in [6, 6.07) is 2.25. The summed E-state index contributed by atoms with van der Waals surface area (Å²) in [6.45, 7) is 0. The molecule has 1 aliphatic rings. The van der Waals surface area contributed by atoms with Gasteiger partial charge in [0.15, 0.2) is 0 Å². The standard InChI is InChI=1S/C12H15Br3S/c13-10-7-9(12(15)16-10)11(14)8-5-3-1-2-4-6-8/h7-8,11H,1-6H2. The predicted molar refractivity (Wildman–Crippen MR) is 82.6 cm³/mol. The van der Waals surface area contributed by atoms with Crippen LogP contribution < -0.4 is 0 Å². The molecule has 2 rings (SSSR count). The van der Waals surface area contributed by atoms with Crippen LogP contribution in [-0.4, -0.2) is 0 Å². The SMILES string of the molecule is Brc1cc(C(Br)C2CCCCCC2)c(Br)s1. The molecule has 4 heteroatoms. The van der Waals surface area contributed by atoms with Gasteiger partial charge in [0, 0.05) is 4.83 Å². The third-order valence-corrected chi connectivity index (χ3v) is 6.92. The van der Waals surface area contributed by atoms with Crippen molar-refractivity contribution < 1.29 is 0 Å². The van der Waals surface area contributed by atoms with Gasteiger partial charge in [0.25, 0.3) is 0 Å². The zero-order valence-corrected chi connectivity index (χ0v) is 14.6. The molecule has 0 saturated heterocycles. The number of rotatable bonds is 2. The van der Waals surface area contributed by atoms with Gasteiger partial charge in [-0.15, -0.1) is 11.3 Å². The van der Waals surface area contributed by atoms with E-state index in [1.165, 1.54) is 51.7 Å². The van der Waals surface area contributed by atoms with Gasteiger partial charge in [-0.25, -0.2) is 0 Å². The third-order valence-electron chi connectivity index (χ3n) is 3.29. The molecule has 0 aromatic carbocycles. The largest absolute Gasteiger partial charge is 0.121 e. The summed E-state index contributed by atoms with van der Waals surface area (Å²) in [5, 5.41) is 0. The third kappa shape index (κ3) is 3.33. The van der Waals surface area contributed by atoms with E-state index in [9.17, 15) is 0 Å². The Balaban J connectivity index is 2.10. The maximum Gasteiger partial charge on any atom is 0.0753 e. The molecule has 1 aromatic rings. The summed E-state index contributed by atoms with van der Waals surface area (Å²) in [4.78, 5) is 0.516. The van der Waals surface area contributed by atoms with Gasteiger partial charge in [-0.2, -0.15) is 0 Å². The van der Waals surface area contributed by atoms with Crippen molar-refractivity contribution in [1.82, 2.24) is 0 Å². The van der Waals surface area contributed by atoms with Gasteiger partial charge in [-0.3, -0.25) is 0 Å². The van der Waals surface area contributed by atoms with Gasteiger partial charge in [-0.05, 0) is 62.2 Å². The van der Waals surface area contributed by atoms with E-state index < -0.39 is 0 Å². The van der Waals surface area contributed by atoms with Crippen LogP contribution in [0.25, 0.3) is 0 Å².